The van der Waals surface area contributed by atoms with Crippen LogP contribution in [0.4, 0.5) is 0 Å². The van der Waals surface area contributed by atoms with Crippen molar-refractivity contribution in [1.29, 1.82) is 0 Å². The second-order valence-corrected chi connectivity index (χ2v) is 6.40. The topological polar surface area (TPSA) is 42.4 Å². The van der Waals surface area contributed by atoms with Crippen LogP contribution in [0, 0.1) is 0 Å². The molecular weight excluding hydrogens is 333 g/mol. The molecule has 1 aromatic carbocycles. The zero-order valence-corrected chi connectivity index (χ0v) is 15.0. The zero-order valence-electron chi connectivity index (χ0n) is 13.5. The number of benzene rings is 1. The largest absolute Gasteiger partial charge is 0.382 e. The van der Waals surface area contributed by atoms with Crippen LogP contribution in [0.25, 0.3) is 0 Å². The van der Waals surface area contributed by atoms with Crippen molar-refractivity contribution < 1.29 is 9.84 Å². The molecule has 0 bridgehead atoms. The molecule has 3 nitrogen and oxygen atoms in total. The molecule has 0 saturated carbocycles. The summed E-state index contributed by atoms with van der Waals surface area (Å²) in [5.74, 6) is -0.307. The van der Waals surface area contributed by atoms with E-state index in [2.05, 4.69) is 4.98 Å². The van der Waals surface area contributed by atoms with Gasteiger partial charge in [-0.3, -0.25) is 4.98 Å². The van der Waals surface area contributed by atoms with Crippen LogP contribution in [0.15, 0.2) is 42.7 Å². The number of rotatable bonds is 6. The van der Waals surface area contributed by atoms with E-state index in [1.165, 1.54) is 0 Å². The third-order valence-electron chi connectivity index (χ3n) is 4.25. The summed E-state index contributed by atoms with van der Waals surface area (Å²) < 4.78 is 5.72. The lowest BCUT2D eigenvalue weighted by atomic mass is 9.75. The van der Waals surface area contributed by atoms with E-state index in [0.717, 1.165) is 5.56 Å². The molecule has 2 aromatic rings. The lowest BCUT2D eigenvalue weighted by Crippen LogP contribution is -2.44. The number of aliphatic hydroxyl groups is 1. The first kappa shape index (κ1) is 18.2. The fraction of sp³-hybridized carbons (Fsp3) is 0.389. The Balaban J connectivity index is 2.52. The number of nitrogens with zero attached hydrogens (tertiary/aromatic N) is 1. The molecular formula is C18H21Cl2NO2. The van der Waals surface area contributed by atoms with E-state index in [4.69, 9.17) is 27.9 Å². The average molecular weight is 354 g/mol. The van der Waals surface area contributed by atoms with Gasteiger partial charge in [-0.1, -0.05) is 42.3 Å². The quantitative estimate of drug-likeness (QED) is 0.810. The van der Waals surface area contributed by atoms with Gasteiger partial charge in [-0.05, 0) is 37.6 Å². The van der Waals surface area contributed by atoms with E-state index in [-0.39, 0.29) is 5.92 Å². The predicted octanol–water partition coefficient (Wildman–Crippen LogP) is 4.80. The molecule has 5 heteroatoms. The van der Waals surface area contributed by atoms with Crippen molar-refractivity contribution >= 4 is 23.2 Å². The van der Waals surface area contributed by atoms with Crippen LogP contribution in [-0.4, -0.2) is 22.8 Å². The highest BCUT2D eigenvalue weighted by atomic mass is 35.5. The van der Waals surface area contributed by atoms with Crippen molar-refractivity contribution in [2.24, 2.45) is 0 Å². The summed E-state index contributed by atoms with van der Waals surface area (Å²) in [6.45, 7) is 6.19. The van der Waals surface area contributed by atoms with Gasteiger partial charge in [0.05, 0.1) is 6.10 Å². The van der Waals surface area contributed by atoms with Crippen LogP contribution in [-0.2, 0) is 10.3 Å². The summed E-state index contributed by atoms with van der Waals surface area (Å²) in [4.78, 5) is 4.14. The van der Waals surface area contributed by atoms with Crippen molar-refractivity contribution in [2.75, 3.05) is 6.61 Å². The van der Waals surface area contributed by atoms with Gasteiger partial charge in [-0.15, -0.1) is 0 Å². The fourth-order valence-corrected chi connectivity index (χ4v) is 3.48. The smallest absolute Gasteiger partial charge is 0.123 e. The summed E-state index contributed by atoms with van der Waals surface area (Å²) in [7, 11) is 0. The van der Waals surface area contributed by atoms with Crippen LogP contribution in [0.2, 0.25) is 10.0 Å². The Morgan fingerprint density at radius 3 is 2.57 bits per heavy atom. The maximum atomic E-state index is 11.5. The summed E-state index contributed by atoms with van der Waals surface area (Å²) in [6, 6.07) is 8.95. The fourth-order valence-electron chi connectivity index (χ4n) is 2.90. The van der Waals surface area contributed by atoms with E-state index >= 15 is 0 Å². The van der Waals surface area contributed by atoms with Crippen LogP contribution < -0.4 is 0 Å². The summed E-state index contributed by atoms with van der Waals surface area (Å²) in [6.07, 6.45) is 2.91. The molecule has 0 aliphatic rings. The van der Waals surface area contributed by atoms with Crippen LogP contribution in [0.5, 0.6) is 0 Å². The Morgan fingerprint density at radius 2 is 2.00 bits per heavy atom. The molecule has 23 heavy (non-hydrogen) atoms. The number of aromatic nitrogens is 1. The van der Waals surface area contributed by atoms with Gasteiger partial charge in [0.25, 0.3) is 0 Å². The predicted molar refractivity (Wildman–Crippen MR) is 94.1 cm³/mol. The van der Waals surface area contributed by atoms with Gasteiger partial charge in [0.2, 0.25) is 0 Å². The van der Waals surface area contributed by atoms with Crippen molar-refractivity contribution in [3.8, 4) is 0 Å². The van der Waals surface area contributed by atoms with E-state index in [0.29, 0.717) is 22.2 Å². The molecule has 124 valence electrons. The van der Waals surface area contributed by atoms with Crippen LogP contribution >= 0.6 is 23.2 Å². The summed E-state index contributed by atoms with van der Waals surface area (Å²) >= 11 is 12.3. The lowest BCUT2D eigenvalue weighted by Gasteiger charge is -2.39. The maximum Gasteiger partial charge on any atom is 0.123 e. The Kier molecular flexibility index (Phi) is 6.04. The Hall–Kier alpha value is -1.13. The van der Waals surface area contributed by atoms with Gasteiger partial charge in [-0.2, -0.15) is 0 Å². The molecule has 1 aromatic heterocycles. The van der Waals surface area contributed by atoms with Crippen molar-refractivity contribution in [1.82, 2.24) is 4.98 Å². The van der Waals surface area contributed by atoms with Crippen molar-refractivity contribution in [2.45, 2.75) is 38.4 Å². The minimum absolute atomic E-state index is 0.307. The zero-order chi connectivity index (χ0) is 17.0. The van der Waals surface area contributed by atoms with Gasteiger partial charge < -0.3 is 9.84 Å². The molecule has 2 rings (SSSR count). The number of pyridine rings is 1. The van der Waals surface area contributed by atoms with Crippen LogP contribution in [0.3, 0.4) is 0 Å². The molecule has 0 spiro atoms. The van der Waals surface area contributed by atoms with Gasteiger partial charge in [0, 0.05) is 40.5 Å². The van der Waals surface area contributed by atoms with E-state index in [9.17, 15) is 5.11 Å². The molecule has 3 unspecified atom stereocenters. The summed E-state index contributed by atoms with van der Waals surface area (Å²) in [5, 5.41) is 12.6. The third kappa shape index (κ3) is 3.69. The highest BCUT2D eigenvalue weighted by Crippen LogP contribution is 2.43. The SMILES string of the molecule is CCOC(C)C(O)(c1cccnc1)C(C)c1ccc(Cl)cc1Cl. The Labute approximate surface area is 147 Å². The normalized spacial score (nSPS) is 16.6. The van der Waals surface area contributed by atoms with Gasteiger partial charge >= 0.3 is 0 Å². The second-order valence-electron chi connectivity index (χ2n) is 5.55. The number of halogens is 2. The second kappa shape index (κ2) is 7.63. The molecule has 1 heterocycles. The molecule has 3 atom stereocenters. The monoisotopic (exact) mass is 353 g/mol. The minimum Gasteiger partial charge on any atom is -0.382 e. The average Bonchev–Trinajstić information content (AvgIpc) is 2.54. The van der Waals surface area contributed by atoms with E-state index in [1.807, 2.05) is 32.9 Å². The number of hydrogen-bond acceptors (Lipinski definition) is 3. The lowest BCUT2D eigenvalue weighted by molar-refractivity contribution is -0.116. The highest BCUT2D eigenvalue weighted by Gasteiger charge is 2.43. The number of hydrogen-bond donors (Lipinski definition) is 1. The highest BCUT2D eigenvalue weighted by molar-refractivity contribution is 6.35. The molecule has 0 fully saturated rings. The van der Waals surface area contributed by atoms with Gasteiger partial charge in [-0.25, -0.2) is 0 Å². The first-order valence-electron chi connectivity index (χ1n) is 7.60. The first-order chi connectivity index (χ1) is 10.9. The minimum atomic E-state index is -1.26. The van der Waals surface area contributed by atoms with E-state index < -0.39 is 11.7 Å². The third-order valence-corrected chi connectivity index (χ3v) is 4.81. The Morgan fingerprint density at radius 1 is 1.26 bits per heavy atom. The van der Waals surface area contributed by atoms with Gasteiger partial charge in [0.15, 0.2) is 0 Å². The maximum absolute atomic E-state index is 11.5. The standard InChI is InChI=1S/C18H21Cl2NO2/c1-4-23-13(3)18(22,14-6-5-9-21-11-14)12(2)16-8-7-15(19)10-17(16)20/h5-13,22H,4H2,1-3H3. The van der Waals surface area contributed by atoms with Crippen molar-refractivity contribution in [3.63, 3.8) is 0 Å². The van der Waals surface area contributed by atoms with E-state index in [1.54, 1.807) is 30.6 Å². The molecule has 0 amide bonds. The molecule has 0 aliphatic carbocycles. The Bertz CT molecular complexity index is 651. The van der Waals surface area contributed by atoms with Gasteiger partial charge in [0.1, 0.15) is 5.60 Å². The molecule has 0 radical (unpaired) electrons. The first-order valence-corrected chi connectivity index (χ1v) is 8.36. The molecule has 0 saturated heterocycles. The molecule has 0 aliphatic heterocycles. The van der Waals surface area contributed by atoms with Crippen LogP contribution in [0.1, 0.15) is 37.8 Å². The number of ether oxygens (including phenoxy) is 1. The summed E-state index contributed by atoms with van der Waals surface area (Å²) in [5.41, 5.74) is 0.246. The van der Waals surface area contributed by atoms with Crippen molar-refractivity contribution in [3.05, 3.63) is 63.9 Å². The molecule has 1 N–H and O–H groups in total.